The van der Waals surface area contributed by atoms with Gasteiger partial charge < -0.3 is 24.4 Å². The second-order valence-electron chi connectivity index (χ2n) is 8.62. The fourth-order valence-corrected chi connectivity index (χ4v) is 6.63. The molecule has 2 amide bonds. The lowest BCUT2D eigenvalue weighted by Gasteiger charge is -2.19. The fraction of sp³-hybridized carbons (Fsp3) is 0.360. The molecule has 11 heteroatoms. The normalized spacial score (nSPS) is 21.5. The number of aryl methyl sites for hydroxylation is 1. The molecule has 2 aromatic rings. The number of amides is 2. The first-order valence-electron chi connectivity index (χ1n) is 11.4. The van der Waals surface area contributed by atoms with Crippen LogP contribution in [0.3, 0.4) is 0 Å². The summed E-state index contributed by atoms with van der Waals surface area (Å²) in [6.07, 6.45) is 3.66. The third-order valence-corrected chi connectivity index (χ3v) is 8.48. The van der Waals surface area contributed by atoms with Gasteiger partial charge in [0, 0.05) is 30.0 Å². The lowest BCUT2D eigenvalue weighted by Crippen LogP contribution is -2.36. The largest absolute Gasteiger partial charge is 0.504 e. The van der Waals surface area contributed by atoms with Crippen molar-refractivity contribution in [3.63, 3.8) is 0 Å². The van der Waals surface area contributed by atoms with Crippen molar-refractivity contribution in [3.05, 3.63) is 41.0 Å². The molecule has 2 saturated heterocycles. The SMILES string of the molecule is COc1cc2c(cc1C)N=C[C@@H]1CSCN1C2=O.COc1cc2c(cc1O)N=C[C@@H]1CSCN1C2=O. The van der Waals surface area contributed by atoms with Gasteiger partial charge in [0.25, 0.3) is 11.8 Å². The Balaban J connectivity index is 0.000000148. The summed E-state index contributed by atoms with van der Waals surface area (Å²) >= 11 is 3.48. The van der Waals surface area contributed by atoms with E-state index in [1.807, 2.05) is 24.1 Å². The zero-order valence-electron chi connectivity index (χ0n) is 20.1. The molecule has 0 bridgehead atoms. The average Bonchev–Trinajstić information content (AvgIpc) is 3.50. The number of methoxy groups -OCH3 is 2. The van der Waals surface area contributed by atoms with E-state index in [-0.39, 0.29) is 29.6 Å². The standard InChI is InChI=1S/C13H14N2O2S.C12H12N2O3S/c1-8-3-11-10(4-12(8)17-2)13(16)15-7-18-6-9(15)5-14-11;1-17-11-2-8-9(3-10(11)15)13-4-7-5-18-6-14(7)12(8)16/h3-5,9H,6-7H2,1-2H3;2-4,7,15H,5-6H2,1H3/t9-;7-/m11/s1. The Morgan fingerprint density at radius 1 is 0.833 bits per heavy atom. The summed E-state index contributed by atoms with van der Waals surface area (Å²) in [4.78, 5) is 37.3. The van der Waals surface area contributed by atoms with Gasteiger partial charge in [-0.05, 0) is 30.7 Å². The minimum absolute atomic E-state index is 0.00219. The number of ether oxygens (including phenoxy) is 2. The van der Waals surface area contributed by atoms with Gasteiger partial charge >= 0.3 is 0 Å². The van der Waals surface area contributed by atoms with Gasteiger partial charge in [-0.1, -0.05) is 0 Å². The molecule has 6 rings (SSSR count). The molecule has 0 radical (unpaired) electrons. The summed E-state index contributed by atoms with van der Waals surface area (Å²) in [6, 6.07) is 6.91. The zero-order chi connectivity index (χ0) is 25.4. The molecule has 188 valence electrons. The summed E-state index contributed by atoms with van der Waals surface area (Å²) in [6.45, 7) is 1.96. The van der Waals surface area contributed by atoms with Crippen LogP contribution in [0.2, 0.25) is 0 Å². The van der Waals surface area contributed by atoms with Crippen molar-refractivity contribution < 1.29 is 24.2 Å². The van der Waals surface area contributed by atoms with Gasteiger partial charge in [0.15, 0.2) is 11.5 Å². The third kappa shape index (κ3) is 4.41. The summed E-state index contributed by atoms with van der Waals surface area (Å²) in [5, 5.41) is 9.72. The van der Waals surface area contributed by atoms with Crippen LogP contribution in [0.4, 0.5) is 11.4 Å². The number of aliphatic imine (C=N–C) groups is 2. The number of carbonyl (C=O) groups is 2. The van der Waals surface area contributed by atoms with Crippen molar-refractivity contribution in [2.24, 2.45) is 9.98 Å². The number of rotatable bonds is 2. The number of phenolic OH excluding ortho intramolecular Hbond substituents is 1. The van der Waals surface area contributed by atoms with E-state index in [0.29, 0.717) is 28.4 Å². The Bertz CT molecular complexity index is 1180. The Kier molecular flexibility index (Phi) is 6.85. The highest BCUT2D eigenvalue weighted by atomic mass is 32.2. The topological polar surface area (TPSA) is 104 Å². The van der Waals surface area contributed by atoms with Crippen molar-refractivity contribution in [2.75, 3.05) is 37.5 Å². The maximum Gasteiger partial charge on any atom is 0.257 e. The molecule has 2 atom stereocenters. The maximum atomic E-state index is 12.5. The Hall–Kier alpha value is -3.18. The first-order valence-corrected chi connectivity index (χ1v) is 13.7. The molecule has 0 aliphatic carbocycles. The smallest absolute Gasteiger partial charge is 0.257 e. The average molecular weight is 527 g/mol. The Labute approximate surface area is 217 Å². The van der Waals surface area contributed by atoms with Crippen LogP contribution in [-0.4, -0.2) is 88.7 Å². The molecule has 9 nitrogen and oxygen atoms in total. The number of hydrogen-bond donors (Lipinski definition) is 1. The molecule has 36 heavy (non-hydrogen) atoms. The highest BCUT2D eigenvalue weighted by Gasteiger charge is 2.33. The van der Waals surface area contributed by atoms with Crippen LogP contribution in [0.5, 0.6) is 17.2 Å². The summed E-state index contributed by atoms with van der Waals surface area (Å²) in [5.74, 6) is 4.24. The minimum Gasteiger partial charge on any atom is -0.504 e. The second kappa shape index (κ2) is 10.1. The number of phenols is 1. The van der Waals surface area contributed by atoms with E-state index < -0.39 is 0 Å². The number of carbonyl (C=O) groups excluding carboxylic acids is 2. The number of nitrogens with zero attached hydrogens (tertiary/aromatic N) is 4. The van der Waals surface area contributed by atoms with Gasteiger partial charge in [-0.2, -0.15) is 0 Å². The number of hydrogen-bond acceptors (Lipinski definition) is 9. The number of aromatic hydroxyl groups is 1. The quantitative estimate of drug-likeness (QED) is 0.634. The van der Waals surface area contributed by atoms with E-state index >= 15 is 0 Å². The molecule has 4 aliphatic heterocycles. The first-order chi connectivity index (χ1) is 17.4. The van der Waals surface area contributed by atoms with E-state index in [2.05, 4.69) is 9.98 Å². The van der Waals surface area contributed by atoms with E-state index in [0.717, 1.165) is 34.4 Å². The van der Waals surface area contributed by atoms with Gasteiger partial charge in [0.05, 0.1) is 60.6 Å². The predicted molar refractivity (Wildman–Crippen MR) is 143 cm³/mol. The Morgan fingerprint density at radius 2 is 1.33 bits per heavy atom. The molecule has 1 N–H and O–H groups in total. The number of benzene rings is 2. The molecule has 4 aliphatic rings. The Morgan fingerprint density at radius 3 is 1.86 bits per heavy atom. The molecule has 0 unspecified atom stereocenters. The lowest BCUT2D eigenvalue weighted by atomic mass is 10.1. The monoisotopic (exact) mass is 526 g/mol. The molecular weight excluding hydrogens is 500 g/mol. The summed E-state index contributed by atoms with van der Waals surface area (Å²) in [7, 11) is 3.08. The van der Waals surface area contributed by atoms with Crippen molar-refractivity contribution in [1.82, 2.24) is 9.80 Å². The molecule has 0 aromatic heterocycles. The molecule has 0 saturated carbocycles. The van der Waals surface area contributed by atoms with Gasteiger partial charge in [-0.3, -0.25) is 19.6 Å². The van der Waals surface area contributed by atoms with Crippen molar-refractivity contribution in [3.8, 4) is 17.2 Å². The van der Waals surface area contributed by atoms with Gasteiger partial charge in [-0.25, -0.2) is 0 Å². The minimum atomic E-state index is -0.0594. The molecule has 2 fully saturated rings. The third-order valence-electron chi connectivity index (χ3n) is 6.40. The first kappa shape index (κ1) is 24.5. The van der Waals surface area contributed by atoms with Crippen LogP contribution in [0.25, 0.3) is 0 Å². The van der Waals surface area contributed by atoms with E-state index in [9.17, 15) is 14.7 Å². The van der Waals surface area contributed by atoms with Crippen molar-refractivity contribution in [1.29, 1.82) is 0 Å². The molecular formula is C25H26N4O5S2. The van der Waals surface area contributed by atoms with Crippen molar-refractivity contribution in [2.45, 2.75) is 19.0 Å². The number of fused-ring (bicyclic) bond motifs is 4. The van der Waals surface area contributed by atoms with Gasteiger partial charge in [0.2, 0.25) is 0 Å². The van der Waals surface area contributed by atoms with E-state index in [1.165, 1.54) is 13.2 Å². The summed E-state index contributed by atoms with van der Waals surface area (Å²) < 4.78 is 10.3. The highest BCUT2D eigenvalue weighted by molar-refractivity contribution is 7.99. The van der Waals surface area contributed by atoms with E-state index in [4.69, 9.17) is 9.47 Å². The van der Waals surface area contributed by atoms with Crippen molar-refractivity contribution >= 4 is 59.1 Å². The van der Waals surface area contributed by atoms with Crippen LogP contribution in [0.15, 0.2) is 34.3 Å². The highest BCUT2D eigenvalue weighted by Crippen LogP contribution is 2.37. The second-order valence-corrected chi connectivity index (χ2v) is 10.6. The van der Waals surface area contributed by atoms with E-state index in [1.54, 1.807) is 53.9 Å². The van der Waals surface area contributed by atoms with Gasteiger partial charge in [-0.15, -0.1) is 23.5 Å². The molecule has 2 aromatic carbocycles. The maximum absolute atomic E-state index is 12.5. The fourth-order valence-electron chi connectivity index (χ4n) is 4.39. The predicted octanol–water partition coefficient (Wildman–Crippen LogP) is 3.87. The summed E-state index contributed by atoms with van der Waals surface area (Å²) in [5.41, 5.74) is 3.36. The number of thioether (sulfide) groups is 2. The molecule has 0 spiro atoms. The lowest BCUT2D eigenvalue weighted by molar-refractivity contribution is 0.0777. The van der Waals surface area contributed by atoms with Crippen LogP contribution in [-0.2, 0) is 0 Å². The van der Waals surface area contributed by atoms with Crippen LogP contribution >= 0.6 is 23.5 Å². The van der Waals surface area contributed by atoms with Gasteiger partial charge in [0.1, 0.15) is 5.75 Å². The van der Waals surface area contributed by atoms with Crippen LogP contribution < -0.4 is 9.47 Å². The van der Waals surface area contributed by atoms with Crippen LogP contribution in [0.1, 0.15) is 26.3 Å². The zero-order valence-corrected chi connectivity index (χ0v) is 21.8. The molecule has 4 heterocycles. The van der Waals surface area contributed by atoms with Crippen LogP contribution in [0, 0.1) is 6.92 Å².